The Kier molecular flexibility index (Phi) is 7.13. The number of nitrogens with one attached hydrogen (secondary N) is 2. The fourth-order valence-electron chi connectivity index (χ4n) is 0.869. The number of rotatable bonds is 8. The van der Waals surface area contributed by atoms with Crippen molar-refractivity contribution in [3.05, 3.63) is 0 Å². The SMILES string of the molecule is CCNCCS(=O)(=O)NCC(C)CC. The third-order valence-electron chi connectivity index (χ3n) is 2.15. The summed E-state index contributed by atoms with van der Waals surface area (Å²) in [5.74, 6) is 0.570. The van der Waals surface area contributed by atoms with E-state index in [1.54, 1.807) is 0 Å². The molecule has 2 N–H and O–H groups in total. The van der Waals surface area contributed by atoms with Crippen molar-refractivity contribution in [2.24, 2.45) is 5.92 Å². The first-order valence-corrected chi connectivity index (χ1v) is 6.85. The van der Waals surface area contributed by atoms with Crippen molar-refractivity contribution in [3.8, 4) is 0 Å². The van der Waals surface area contributed by atoms with E-state index in [1.165, 1.54) is 0 Å². The molecule has 0 fully saturated rings. The van der Waals surface area contributed by atoms with Crippen LogP contribution in [-0.2, 0) is 10.0 Å². The van der Waals surface area contributed by atoms with Crippen LogP contribution in [0, 0.1) is 5.92 Å². The van der Waals surface area contributed by atoms with Gasteiger partial charge in [0.1, 0.15) is 0 Å². The second-order valence-electron chi connectivity index (χ2n) is 3.53. The van der Waals surface area contributed by atoms with E-state index in [-0.39, 0.29) is 5.75 Å². The van der Waals surface area contributed by atoms with Crippen LogP contribution in [0.1, 0.15) is 27.2 Å². The van der Waals surface area contributed by atoms with Crippen LogP contribution < -0.4 is 10.0 Å². The zero-order chi connectivity index (χ0) is 11.0. The van der Waals surface area contributed by atoms with Gasteiger partial charge in [-0.1, -0.05) is 27.2 Å². The molecule has 0 spiro atoms. The minimum absolute atomic E-state index is 0.164. The van der Waals surface area contributed by atoms with Crippen molar-refractivity contribution in [2.75, 3.05) is 25.4 Å². The molecule has 4 nitrogen and oxygen atoms in total. The summed E-state index contributed by atoms with van der Waals surface area (Å²) in [6.45, 7) is 7.92. The van der Waals surface area contributed by atoms with Gasteiger partial charge < -0.3 is 5.32 Å². The van der Waals surface area contributed by atoms with Crippen LogP contribution >= 0.6 is 0 Å². The van der Waals surface area contributed by atoms with Crippen LogP contribution in [0.25, 0.3) is 0 Å². The van der Waals surface area contributed by atoms with Crippen LogP contribution in [0.3, 0.4) is 0 Å². The topological polar surface area (TPSA) is 58.2 Å². The second kappa shape index (κ2) is 7.20. The van der Waals surface area contributed by atoms with Crippen molar-refractivity contribution >= 4 is 10.0 Å². The quantitative estimate of drug-likeness (QED) is 0.590. The van der Waals surface area contributed by atoms with E-state index < -0.39 is 10.0 Å². The third-order valence-corrected chi connectivity index (χ3v) is 3.49. The minimum Gasteiger partial charge on any atom is -0.316 e. The maximum Gasteiger partial charge on any atom is 0.212 e. The van der Waals surface area contributed by atoms with Gasteiger partial charge in [-0.25, -0.2) is 13.1 Å². The molecule has 0 aliphatic carbocycles. The Bertz CT molecular complexity index is 227. The van der Waals surface area contributed by atoms with Gasteiger partial charge in [0, 0.05) is 13.1 Å². The van der Waals surface area contributed by atoms with Gasteiger partial charge in [0.25, 0.3) is 0 Å². The lowest BCUT2D eigenvalue weighted by Gasteiger charge is -2.10. The van der Waals surface area contributed by atoms with E-state index >= 15 is 0 Å². The monoisotopic (exact) mass is 222 g/mol. The van der Waals surface area contributed by atoms with Crippen molar-refractivity contribution in [2.45, 2.75) is 27.2 Å². The zero-order valence-electron chi connectivity index (χ0n) is 9.34. The van der Waals surface area contributed by atoms with Crippen LogP contribution in [0.2, 0.25) is 0 Å². The Morgan fingerprint density at radius 3 is 2.43 bits per heavy atom. The van der Waals surface area contributed by atoms with Crippen LogP contribution in [0.5, 0.6) is 0 Å². The van der Waals surface area contributed by atoms with Crippen molar-refractivity contribution in [3.63, 3.8) is 0 Å². The molecule has 1 unspecified atom stereocenters. The lowest BCUT2D eigenvalue weighted by Crippen LogP contribution is -2.34. The van der Waals surface area contributed by atoms with E-state index in [9.17, 15) is 8.42 Å². The van der Waals surface area contributed by atoms with Gasteiger partial charge >= 0.3 is 0 Å². The molecule has 0 rings (SSSR count). The van der Waals surface area contributed by atoms with Crippen LogP contribution in [0.15, 0.2) is 0 Å². The van der Waals surface area contributed by atoms with E-state index in [0.29, 0.717) is 19.0 Å². The molecule has 1 atom stereocenters. The molecule has 0 amide bonds. The van der Waals surface area contributed by atoms with Crippen molar-refractivity contribution in [1.29, 1.82) is 0 Å². The Hall–Kier alpha value is -0.130. The zero-order valence-corrected chi connectivity index (χ0v) is 10.2. The predicted molar refractivity (Wildman–Crippen MR) is 59.8 cm³/mol. The molecule has 0 aromatic heterocycles. The lowest BCUT2D eigenvalue weighted by molar-refractivity contribution is 0.527. The molecule has 0 aromatic rings. The molecule has 0 saturated heterocycles. The smallest absolute Gasteiger partial charge is 0.212 e. The molecule has 0 aliphatic heterocycles. The summed E-state index contributed by atoms with van der Waals surface area (Å²) >= 11 is 0. The average Bonchev–Trinajstić information content (AvgIpc) is 2.14. The summed E-state index contributed by atoms with van der Waals surface area (Å²) in [6.07, 6.45) is 0.996. The first-order chi connectivity index (χ1) is 6.52. The first kappa shape index (κ1) is 13.9. The summed E-state index contributed by atoms with van der Waals surface area (Å²) in [6, 6.07) is 0. The molecule has 14 heavy (non-hydrogen) atoms. The fraction of sp³-hybridized carbons (Fsp3) is 1.00. The molecule has 0 heterocycles. The summed E-state index contributed by atoms with van der Waals surface area (Å²) in [5.41, 5.74) is 0. The van der Waals surface area contributed by atoms with Gasteiger partial charge in [-0.2, -0.15) is 0 Å². The van der Waals surface area contributed by atoms with Crippen molar-refractivity contribution < 1.29 is 8.42 Å². The normalized spacial score (nSPS) is 14.2. The largest absolute Gasteiger partial charge is 0.316 e. The molecule has 86 valence electrons. The average molecular weight is 222 g/mol. The Morgan fingerprint density at radius 2 is 1.93 bits per heavy atom. The molecular weight excluding hydrogens is 200 g/mol. The van der Waals surface area contributed by atoms with E-state index in [2.05, 4.69) is 17.0 Å². The lowest BCUT2D eigenvalue weighted by atomic mass is 10.1. The highest BCUT2D eigenvalue weighted by Gasteiger charge is 2.10. The number of hydrogen-bond acceptors (Lipinski definition) is 3. The highest BCUT2D eigenvalue weighted by Crippen LogP contribution is 1.98. The van der Waals surface area contributed by atoms with Gasteiger partial charge in [0.2, 0.25) is 10.0 Å². The van der Waals surface area contributed by atoms with Gasteiger partial charge in [0.15, 0.2) is 0 Å². The molecule has 0 aromatic carbocycles. The van der Waals surface area contributed by atoms with Crippen molar-refractivity contribution in [1.82, 2.24) is 10.0 Å². The molecule has 5 heteroatoms. The first-order valence-electron chi connectivity index (χ1n) is 5.19. The van der Waals surface area contributed by atoms with Crippen LogP contribution in [0.4, 0.5) is 0 Å². The predicted octanol–water partition coefficient (Wildman–Crippen LogP) is 0.561. The minimum atomic E-state index is -3.07. The molecule has 0 radical (unpaired) electrons. The van der Waals surface area contributed by atoms with Gasteiger partial charge in [-0.15, -0.1) is 0 Å². The standard InChI is InChI=1S/C9H22N2O2S/c1-4-9(3)8-11-14(12,13)7-6-10-5-2/h9-11H,4-8H2,1-3H3. The summed E-state index contributed by atoms with van der Waals surface area (Å²) in [7, 11) is -3.07. The highest BCUT2D eigenvalue weighted by molar-refractivity contribution is 7.89. The Labute approximate surface area is 87.5 Å². The summed E-state index contributed by atoms with van der Waals surface area (Å²) < 4.78 is 25.4. The third kappa shape index (κ3) is 7.29. The molecule has 0 bridgehead atoms. The number of sulfonamides is 1. The molecule has 0 aliphatic rings. The molecule has 0 saturated carbocycles. The summed E-state index contributed by atoms with van der Waals surface area (Å²) in [5, 5.41) is 2.99. The van der Waals surface area contributed by atoms with E-state index in [0.717, 1.165) is 13.0 Å². The Balaban J connectivity index is 3.73. The van der Waals surface area contributed by atoms with E-state index in [4.69, 9.17) is 0 Å². The maximum absolute atomic E-state index is 11.4. The fourth-order valence-corrected chi connectivity index (χ4v) is 1.96. The number of hydrogen-bond donors (Lipinski definition) is 2. The summed E-state index contributed by atoms with van der Waals surface area (Å²) in [4.78, 5) is 0. The molecular formula is C9H22N2O2S. The van der Waals surface area contributed by atoms with Gasteiger partial charge in [-0.3, -0.25) is 0 Å². The van der Waals surface area contributed by atoms with Gasteiger partial charge in [-0.05, 0) is 12.5 Å². The maximum atomic E-state index is 11.4. The van der Waals surface area contributed by atoms with Crippen LogP contribution in [-0.4, -0.2) is 33.8 Å². The van der Waals surface area contributed by atoms with E-state index in [1.807, 2.05) is 13.8 Å². The highest BCUT2D eigenvalue weighted by atomic mass is 32.2. The Morgan fingerprint density at radius 1 is 1.29 bits per heavy atom. The second-order valence-corrected chi connectivity index (χ2v) is 5.46. The van der Waals surface area contributed by atoms with Gasteiger partial charge in [0.05, 0.1) is 5.75 Å².